The Morgan fingerprint density at radius 2 is 0.580 bits per heavy atom. The van der Waals surface area contributed by atoms with Gasteiger partial charge < -0.3 is 14.2 Å². The minimum Gasteiger partial charge on any atom is -0.462 e. The minimum absolute atomic E-state index is 0.138. The Bertz CT molecular complexity index is 1610. The van der Waals surface area contributed by atoms with Gasteiger partial charge in [-0.25, -0.2) is 0 Å². The Hall–Kier alpha value is -4.97. The van der Waals surface area contributed by atoms with Crippen molar-refractivity contribution in [3.8, 4) is 0 Å². The number of carbonyl (C=O) groups excluding carboxylic acids is 3. The van der Waals surface area contributed by atoms with Gasteiger partial charge >= 0.3 is 17.9 Å². The van der Waals surface area contributed by atoms with Crippen molar-refractivity contribution in [1.29, 1.82) is 0 Å². The zero-order valence-corrected chi connectivity index (χ0v) is 43.8. The summed E-state index contributed by atoms with van der Waals surface area (Å²) in [6.45, 7) is 6.24. The fourth-order valence-electron chi connectivity index (χ4n) is 6.51. The Morgan fingerprint density at radius 1 is 0.304 bits per heavy atom. The van der Waals surface area contributed by atoms with Crippen LogP contribution in [0.25, 0.3) is 0 Å². The molecule has 0 fully saturated rings. The molecule has 0 spiro atoms. The predicted molar refractivity (Wildman–Crippen MR) is 297 cm³/mol. The SMILES string of the molecule is CC/C=C\C/C=C\C/C=C\C/C=C\C/C=C\CCCCCC(=O)OC[C@H](COC(=O)CCCC/C=C\C/C=C\C/C=C\C/C=C\CC)OC(=O)CCC/C=C\C/C=C\C/C=C\C/C=C\CCCCC. The normalized spacial score (nSPS) is 13.4. The average molecular weight is 949 g/mol. The van der Waals surface area contributed by atoms with E-state index in [9.17, 15) is 14.4 Å². The van der Waals surface area contributed by atoms with Crippen LogP contribution in [0, 0.1) is 0 Å². The molecule has 0 aliphatic carbocycles. The Morgan fingerprint density at radius 3 is 0.928 bits per heavy atom. The summed E-state index contributed by atoms with van der Waals surface area (Å²) in [5.41, 5.74) is 0. The van der Waals surface area contributed by atoms with Crippen LogP contribution in [0.4, 0.5) is 0 Å². The van der Waals surface area contributed by atoms with Crippen molar-refractivity contribution in [2.75, 3.05) is 13.2 Å². The van der Waals surface area contributed by atoms with E-state index in [1.54, 1.807) is 0 Å². The monoisotopic (exact) mass is 949 g/mol. The second-order valence-corrected chi connectivity index (χ2v) is 17.0. The third-order valence-corrected chi connectivity index (χ3v) is 10.5. The van der Waals surface area contributed by atoms with Crippen LogP contribution >= 0.6 is 0 Å². The van der Waals surface area contributed by atoms with Crippen LogP contribution in [0.3, 0.4) is 0 Å². The molecule has 6 heteroatoms. The molecule has 0 amide bonds. The largest absolute Gasteiger partial charge is 0.462 e. The number of ether oxygens (including phenoxy) is 3. The second-order valence-electron chi connectivity index (χ2n) is 17.0. The molecule has 0 bridgehead atoms. The van der Waals surface area contributed by atoms with Crippen molar-refractivity contribution >= 4 is 17.9 Å². The molecular weight excluding hydrogens is 853 g/mol. The van der Waals surface area contributed by atoms with Crippen molar-refractivity contribution in [1.82, 2.24) is 0 Å². The molecule has 0 aromatic rings. The van der Waals surface area contributed by atoms with Crippen molar-refractivity contribution in [2.24, 2.45) is 0 Å². The summed E-state index contributed by atoms with van der Waals surface area (Å²) in [6.07, 6.45) is 80.9. The number of esters is 3. The van der Waals surface area contributed by atoms with Gasteiger partial charge in [-0.1, -0.05) is 198 Å². The van der Waals surface area contributed by atoms with Gasteiger partial charge in [-0.2, -0.15) is 0 Å². The molecule has 0 aliphatic heterocycles. The van der Waals surface area contributed by atoms with Gasteiger partial charge in [0.05, 0.1) is 0 Å². The number of hydrogen-bond donors (Lipinski definition) is 0. The third-order valence-electron chi connectivity index (χ3n) is 10.5. The van der Waals surface area contributed by atoms with E-state index in [1.165, 1.54) is 25.7 Å². The standard InChI is InChI=1S/C63H96O6/c1-4-7-10-13-16-19-22-25-28-30-31-33-35-38-41-44-47-50-53-56-62(65)68-59-60(58-67-61(64)55-52-49-46-43-40-37-34-27-24-21-18-15-12-9-6-3)69-63(66)57-54-51-48-45-42-39-36-32-29-26-23-20-17-14-11-8-5-2/h7,9-10,12,16-21,25-29,31,33-34,36,38-41,43,45,48,60H,4-6,8,11,13-15,22-24,30,32,35,37,42,44,46-47,49-59H2,1-3H3/b10-7-,12-9-,19-16-,20-17-,21-18-,28-25-,29-26-,33-31-,34-27-,39-36-,41-38-,43-40-,48-45-/t60-/m0/s1. The van der Waals surface area contributed by atoms with E-state index >= 15 is 0 Å². The van der Waals surface area contributed by atoms with E-state index in [0.29, 0.717) is 19.3 Å². The van der Waals surface area contributed by atoms with Gasteiger partial charge in [0.15, 0.2) is 6.10 Å². The zero-order valence-electron chi connectivity index (χ0n) is 43.8. The highest BCUT2D eigenvalue weighted by atomic mass is 16.6. The van der Waals surface area contributed by atoms with E-state index in [4.69, 9.17) is 14.2 Å². The van der Waals surface area contributed by atoms with Crippen LogP contribution in [0.15, 0.2) is 158 Å². The molecule has 0 aliphatic rings. The molecule has 0 heterocycles. The molecule has 0 rings (SSSR count). The molecule has 69 heavy (non-hydrogen) atoms. The molecule has 0 saturated heterocycles. The summed E-state index contributed by atoms with van der Waals surface area (Å²) in [7, 11) is 0. The number of rotatable bonds is 46. The molecular formula is C63H96O6. The van der Waals surface area contributed by atoms with Crippen molar-refractivity contribution < 1.29 is 28.6 Å². The Kier molecular flexibility index (Phi) is 51.6. The fourth-order valence-corrected chi connectivity index (χ4v) is 6.51. The smallest absolute Gasteiger partial charge is 0.306 e. The highest BCUT2D eigenvalue weighted by Gasteiger charge is 2.19. The molecule has 0 radical (unpaired) electrons. The van der Waals surface area contributed by atoms with E-state index in [2.05, 4.69) is 179 Å². The molecule has 0 aromatic heterocycles. The first kappa shape index (κ1) is 64.0. The lowest BCUT2D eigenvalue weighted by molar-refractivity contribution is -0.167. The predicted octanol–water partition coefficient (Wildman–Crippen LogP) is 18.2. The highest BCUT2D eigenvalue weighted by Crippen LogP contribution is 2.10. The Balaban J connectivity index is 4.64. The maximum Gasteiger partial charge on any atom is 0.306 e. The van der Waals surface area contributed by atoms with Gasteiger partial charge in [-0.15, -0.1) is 0 Å². The molecule has 6 nitrogen and oxygen atoms in total. The lowest BCUT2D eigenvalue weighted by atomic mass is 10.1. The van der Waals surface area contributed by atoms with Crippen LogP contribution in [0.5, 0.6) is 0 Å². The molecule has 1 atom stereocenters. The summed E-state index contributed by atoms with van der Waals surface area (Å²) in [5, 5.41) is 0. The number of unbranched alkanes of at least 4 members (excludes halogenated alkanes) is 9. The van der Waals surface area contributed by atoms with Crippen LogP contribution in [0.2, 0.25) is 0 Å². The maximum atomic E-state index is 12.8. The molecule has 0 aromatic carbocycles. The number of hydrogen-bond acceptors (Lipinski definition) is 6. The summed E-state index contributed by atoms with van der Waals surface area (Å²) in [6, 6.07) is 0. The van der Waals surface area contributed by atoms with E-state index in [-0.39, 0.29) is 38.0 Å². The lowest BCUT2D eigenvalue weighted by Gasteiger charge is -2.18. The second kappa shape index (κ2) is 55.6. The molecule has 384 valence electrons. The van der Waals surface area contributed by atoms with Gasteiger partial charge in [0.25, 0.3) is 0 Å². The van der Waals surface area contributed by atoms with Crippen LogP contribution in [0.1, 0.15) is 201 Å². The first-order chi connectivity index (χ1) is 34.0. The Labute approximate surface area is 422 Å². The minimum atomic E-state index is -0.846. The number of allylic oxidation sites excluding steroid dienone is 26. The first-order valence-corrected chi connectivity index (χ1v) is 27.0. The maximum absolute atomic E-state index is 12.8. The quantitative estimate of drug-likeness (QED) is 0.0262. The topological polar surface area (TPSA) is 78.9 Å². The summed E-state index contributed by atoms with van der Waals surface area (Å²) in [4.78, 5) is 38.1. The molecule has 0 N–H and O–H groups in total. The average Bonchev–Trinajstić information content (AvgIpc) is 3.35. The summed E-state index contributed by atoms with van der Waals surface area (Å²) in [5.74, 6) is -1.08. The van der Waals surface area contributed by atoms with E-state index in [0.717, 1.165) is 122 Å². The molecule has 0 saturated carbocycles. The summed E-state index contributed by atoms with van der Waals surface area (Å²) >= 11 is 0. The van der Waals surface area contributed by atoms with E-state index in [1.807, 2.05) is 0 Å². The van der Waals surface area contributed by atoms with Crippen molar-refractivity contribution in [3.05, 3.63) is 158 Å². The van der Waals surface area contributed by atoms with Crippen molar-refractivity contribution in [2.45, 2.75) is 207 Å². The van der Waals surface area contributed by atoms with Gasteiger partial charge in [-0.05, 0) is 141 Å². The van der Waals surface area contributed by atoms with E-state index < -0.39 is 12.1 Å². The van der Waals surface area contributed by atoms with Crippen LogP contribution in [-0.4, -0.2) is 37.2 Å². The highest BCUT2D eigenvalue weighted by molar-refractivity contribution is 5.71. The van der Waals surface area contributed by atoms with Crippen molar-refractivity contribution in [3.63, 3.8) is 0 Å². The first-order valence-electron chi connectivity index (χ1n) is 27.0. The molecule has 0 unspecified atom stereocenters. The van der Waals surface area contributed by atoms with Crippen LogP contribution in [-0.2, 0) is 28.6 Å². The lowest BCUT2D eigenvalue weighted by Crippen LogP contribution is -2.30. The summed E-state index contributed by atoms with van der Waals surface area (Å²) < 4.78 is 16.7. The fraction of sp³-hybridized carbons (Fsp3) is 0.540. The van der Waals surface area contributed by atoms with Gasteiger partial charge in [0.1, 0.15) is 13.2 Å². The third kappa shape index (κ3) is 53.8. The zero-order chi connectivity index (χ0) is 50.0. The number of carbonyl (C=O) groups is 3. The van der Waals surface area contributed by atoms with Gasteiger partial charge in [-0.3, -0.25) is 14.4 Å². The van der Waals surface area contributed by atoms with Gasteiger partial charge in [0.2, 0.25) is 0 Å². The van der Waals surface area contributed by atoms with Crippen LogP contribution < -0.4 is 0 Å². The van der Waals surface area contributed by atoms with Gasteiger partial charge in [0, 0.05) is 19.3 Å².